The number of hydrogen-bond donors (Lipinski definition) is 2. The van der Waals surface area contributed by atoms with Gasteiger partial charge in [0.2, 0.25) is 0 Å². The smallest absolute Gasteiger partial charge is 0.0746 e. The van der Waals surface area contributed by atoms with Crippen LogP contribution in [-0.2, 0) is 0 Å². The summed E-state index contributed by atoms with van der Waals surface area (Å²) < 4.78 is 0. The van der Waals surface area contributed by atoms with Gasteiger partial charge in [0.1, 0.15) is 0 Å². The number of likely N-dealkylation sites (tertiary alicyclic amines) is 1. The Bertz CT molecular complexity index is 232. The normalized spacial score (nSPS) is 39.4. The van der Waals surface area contributed by atoms with Crippen LogP contribution in [0.2, 0.25) is 0 Å². The quantitative estimate of drug-likeness (QED) is 0.676. The standard InChI is InChI=1S/C12H24N2O/c1-12(2,3)14-6-9(8-4-5-8)11(15)10(13)7-14/h8-11,15H,4-7,13H2,1-3H3/t9-,10-,11-/m1/s1. The summed E-state index contributed by atoms with van der Waals surface area (Å²) >= 11 is 0. The van der Waals surface area contributed by atoms with E-state index in [0.29, 0.717) is 5.92 Å². The number of aliphatic hydroxyl groups is 1. The lowest BCUT2D eigenvalue weighted by molar-refractivity contribution is -0.0303. The molecule has 1 heterocycles. The molecule has 0 aromatic rings. The highest BCUT2D eigenvalue weighted by Gasteiger charge is 2.44. The fraction of sp³-hybridized carbons (Fsp3) is 1.00. The van der Waals surface area contributed by atoms with Gasteiger partial charge >= 0.3 is 0 Å². The second-order valence-electron chi connectivity index (χ2n) is 6.23. The minimum absolute atomic E-state index is 0.0661. The van der Waals surface area contributed by atoms with Gasteiger partial charge in [-0.15, -0.1) is 0 Å². The average Bonchev–Trinajstić information content (AvgIpc) is 2.90. The van der Waals surface area contributed by atoms with E-state index in [9.17, 15) is 5.11 Å². The Balaban J connectivity index is 2.06. The molecule has 0 unspecified atom stereocenters. The second-order valence-corrected chi connectivity index (χ2v) is 6.23. The zero-order valence-corrected chi connectivity index (χ0v) is 10.1. The number of nitrogens with zero attached hydrogens (tertiary/aromatic N) is 1. The largest absolute Gasteiger partial charge is 0.391 e. The van der Waals surface area contributed by atoms with E-state index in [0.717, 1.165) is 19.0 Å². The molecule has 3 nitrogen and oxygen atoms in total. The van der Waals surface area contributed by atoms with Crippen molar-refractivity contribution in [3.05, 3.63) is 0 Å². The summed E-state index contributed by atoms with van der Waals surface area (Å²) in [6.07, 6.45) is 2.29. The van der Waals surface area contributed by atoms with E-state index in [4.69, 9.17) is 5.73 Å². The molecule has 2 rings (SSSR count). The Morgan fingerprint density at radius 1 is 1.20 bits per heavy atom. The van der Waals surface area contributed by atoms with Crippen LogP contribution < -0.4 is 5.73 Å². The molecule has 1 saturated heterocycles. The van der Waals surface area contributed by atoms with Crippen LogP contribution in [0.5, 0.6) is 0 Å². The van der Waals surface area contributed by atoms with Crippen LogP contribution in [0.3, 0.4) is 0 Å². The van der Waals surface area contributed by atoms with E-state index in [-0.39, 0.29) is 17.7 Å². The topological polar surface area (TPSA) is 49.5 Å². The van der Waals surface area contributed by atoms with Crippen molar-refractivity contribution in [3.63, 3.8) is 0 Å². The second kappa shape index (κ2) is 3.72. The van der Waals surface area contributed by atoms with Gasteiger partial charge in [0.15, 0.2) is 0 Å². The van der Waals surface area contributed by atoms with E-state index in [1.165, 1.54) is 12.8 Å². The molecule has 0 radical (unpaired) electrons. The highest BCUT2D eigenvalue weighted by atomic mass is 16.3. The summed E-state index contributed by atoms with van der Waals surface area (Å²) in [4.78, 5) is 2.42. The number of piperidine rings is 1. The molecule has 2 aliphatic rings. The molecule has 1 aliphatic heterocycles. The molecule has 0 aromatic heterocycles. The third-order valence-electron chi connectivity index (χ3n) is 3.92. The first-order chi connectivity index (χ1) is 6.89. The molecule has 0 bridgehead atoms. The molecule has 1 aliphatic carbocycles. The average molecular weight is 212 g/mol. The van der Waals surface area contributed by atoms with Gasteiger partial charge in [0, 0.05) is 30.6 Å². The monoisotopic (exact) mass is 212 g/mol. The fourth-order valence-electron chi connectivity index (χ4n) is 2.62. The Morgan fingerprint density at radius 2 is 1.80 bits per heavy atom. The molecule has 0 amide bonds. The van der Waals surface area contributed by atoms with Crippen LogP contribution in [0.4, 0.5) is 0 Å². The molecular formula is C12H24N2O. The first-order valence-corrected chi connectivity index (χ1v) is 6.08. The highest BCUT2D eigenvalue weighted by molar-refractivity contribution is 4.98. The number of aliphatic hydroxyl groups excluding tert-OH is 1. The van der Waals surface area contributed by atoms with Crippen LogP contribution in [0.15, 0.2) is 0 Å². The van der Waals surface area contributed by atoms with Gasteiger partial charge in [0.25, 0.3) is 0 Å². The van der Waals surface area contributed by atoms with Crippen molar-refractivity contribution in [1.82, 2.24) is 4.90 Å². The van der Waals surface area contributed by atoms with Crippen molar-refractivity contribution in [3.8, 4) is 0 Å². The number of nitrogens with two attached hydrogens (primary N) is 1. The molecule has 1 saturated carbocycles. The molecule has 15 heavy (non-hydrogen) atoms. The van der Waals surface area contributed by atoms with Gasteiger partial charge in [0.05, 0.1) is 6.10 Å². The van der Waals surface area contributed by atoms with Crippen LogP contribution in [0, 0.1) is 11.8 Å². The summed E-state index contributed by atoms with van der Waals surface area (Å²) in [7, 11) is 0. The van der Waals surface area contributed by atoms with Gasteiger partial charge < -0.3 is 10.8 Å². The van der Waals surface area contributed by atoms with Gasteiger partial charge in [-0.05, 0) is 39.5 Å². The van der Waals surface area contributed by atoms with Crippen LogP contribution in [0.1, 0.15) is 33.6 Å². The predicted molar refractivity (Wildman–Crippen MR) is 61.5 cm³/mol. The lowest BCUT2D eigenvalue weighted by Gasteiger charge is -2.46. The SMILES string of the molecule is CC(C)(C)N1C[C@@H](N)[C@H](O)[C@@H](C2CC2)C1. The first-order valence-electron chi connectivity index (χ1n) is 6.08. The lowest BCUT2D eigenvalue weighted by atomic mass is 9.85. The van der Waals surface area contributed by atoms with Gasteiger partial charge in [-0.2, -0.15) is 0 Å². The predicted octanol–water partition coefficient (Wildman–Crippen LogP) is 0.815. The maximum absolute atomic E-state index is 10.1. The van der Waals surface area contributed by atoms with E-state index in [2.05, 4.69) is 25.7 Å². The number of rotatable bonds is 1. The molecule has 3 atom stereocenters. The molecule has 3 heteroatoms. The minimum atomic E-state index is -0.281. The van der Waals surface area contributed by atoms with Crippen molar-refractivity contribution < 1.29 is 5.11 Å². The van der Waals surface area contributed by atoms with E-state index >= 15 is 0 Å². The van der Waals surface area contributed by atoms with E-state index in [1.54, 1.807) is 0 Å². The van der Waals surface area contributed by atoms with E-state index in [1.807, 2.05) is 0 Å². The Kier molecular flexibility index (Phi) is 2.82. The van der Waals surface area contributed by atoms with Gasteiger partial charge in [-0.1, -0.05) is 0 Å². The summed E-state index contributed by atoms with van der Waals surface area (Å²) in [5, 5.41) is 10.1. The van der Waals surface area contributed by atoms with Crippen molar-refractivity contribution in [1.29, 1.82) is 0 Å². The van der Waals surface area contributed by atoms with Crippen LogP contribution in [-0.4, -0.2) is 40.8 Å². The Labute approximate surface area is 92.6 Å². The fourth-order valence-corrected chi connectivity index (χ4v) is 2.62. The summed E-state index contributed by atoms with van der Waals surface area (Å²) in [5.74, 6) is 1.14. The molecule has 0 aromatic carbocycles. The van der Waals surface area contributed by atoms with Crippen LogP contribution in [0.25, 0.3) is 0 Å². The number of hydrogen-bond acceptors (Lipinski definition) is 3. The van der Waals surface area contributed by atoms with Crippen molar-refractivity contribution in [2.24, 2.45) is 17.6 Å². The third-order valence-corrected chi connectivity index (χ3v) is 3.92. The molecule has 88 valence electrons. The summed E-state index contributed by atoms with van der Waals surface area (Å²) in [5.41, 5.74) is 6.20. The van der Waals surface area contributed by atoms with Gasteiger partial charge in [-0.25, -0.2) is 0 Å². The molecule has 0 spiro atoms. The molecule has 2 fully saturated rings. The maximum atomic E-state index is 10.1. The zero-order chi connectivity index (χ0) is 11.2. The third kappa shape index (κ3) is 2.35. The van der Waals surface area contributed by atoms with Crippen molar-refractivity contribution >= 4 is 0 Å². The Hall–Kier alpha value is -0.120. The van der Waals surface area contributed by atoms with Crippen molar-refractivity contribution in [2.45, 2.75) is 51.3 Å². The first kappa shape index (κ1) is 11.4. The van der Waals surface area contributed by atoms with Crippen molar-refractivity contribution in [2.75, 3.05) is 13.1 Å². The summed E-state index contributed by atoms with van der Waals surface area (Å²) in [6.45, 7) is 8.51. The van der Waals surface area contributed by atoms with Crippen LogP contribution >= 0.6 is 0 Å². The Morgan fingerprint density at radius 3 is 2.27 bits per heavy atom. The lowest BCUT2D eigenvalue weighted by Crippen LogP contribution is -2.61. The molecule has 3 N–H and O–H groups in total. The minimum Gasteiger partial charge on any atom is -0.391 e. The highest BCUT2D eigenvalue weighted by Crippen LogP contribution is 2.41. The molecular weight excluding hydrogens is 188 g/mol. The zero-order valence-electron chi connectivity index (χ0n) is 10.1. The van der Waals surface area contributed by atoms with Gasteiger partial charge in [-0.3, -0.25) is 4.90 Å². The van der Waals surface area contributed by atoms with E-state index < -0.39 is 0 Å². The summed E-state index contributed by atoms with van der Waals surface area (Å²) in [6, 6.07) is -0.0661. The maximum Gasteiger partial charge on any atom is 0.0746 e.